The number of carbonyl (C=O) groups excluding carboxylic acids is 1. The van der Waals surface area contributed by atoms with E-state index in [4.69, 9.17) is 5.73 Å². The molecule has 0 fully saturated rings. The number of rotatable bonds is 2. The Morgan fingerprint density at radius 2 is 1.76 bits per heavy atom. The van der Waals surface area contributed by atoms with Crippen molar-refractivity contribution in [2.75, 3.05) is 0 Å². The Morgan fingerprint density at radius 1 is 1.12 bits per heavy atom. The number of amides is 1. The number of aromatic nitrogens is 2. The van der Waals surface area contributed by atoms with E-state index in [9.17, 15) is 14.4 Å². The van der Waals surface area contributed by atoms with Crippen molar-refractivity contribution in [2.45, 2.75) is 0 Å². The molecule has 1 amide bonds. The average Bonchev–Trinajstić information content (AvgIpc) is 2.29. The molecule has 6 heteroatoms. The molecule has 1 heterocycles. The predicted octanol–water partition coefficient (Wildman–Crippen LogP) is -0.375. The van der Waals surface area contributed by atoms with Crippen molar-refractivity contribution in [3.63, 3.8) is 0 Å². The van der Waals surface area contributed by atoms with Gasteiger partial charge in [0, 0.05) is 17.8 Å². The number of primary amides is 1. The number of nitrogens with zero attached hydrogens (tertiary/aromatic N) is 1. The van der Waals surface area contributed by atoms with Gasteiger partial charge in [0.2, 0.25) is 5.91 Å². The molecule has 0 aliphatic heterocycles. The van der Waals surface area contributed by atoms with Crippen molar-refractivity contribution >= 4 is 5.91 Å². The Balaban J connectivity index is 2.50. The number of H-pyrrole nitrogens is 1. The maximum absolute atomic E-state index is 11.5. The zero-order valence-corrected chi connectivity index (χ0v) is 8.71. The number of nitrogens with one attached hydrogen (secondary N) is 1. The maximum atomic E-state index is 11.5. The third-order valence-electron chi connectivity index (χ3n) is 2.25. The van der Waals surface area contributed by atoms with Crippen molar-refractivity contribution in [2.24, 2.45) is 5.73 Å². The van der Waals surface area contributed by atoms with Gasteiger partial charge in [-0.05, 0) is 24.3 Å². The minimum absolute atomic E-state index is 0.353. The van der Waals surface area contributed by atoms with Gasteiger partial charge >= 0.3 is 5.69 Å². The van der Waals surface area contributed by atoms with Crippen molar-refractivity contribution < 1.29 is 4.79 Å². The molecule has 2 aromatic rings. The van der Waals surface area contributed by atoms with E-state index in [-0.39, 0.29) is 0 Å². The highest BCUT2D eigenvalue weighted by atomic mass is 16.2. The summed E-state index contributed by atoms with van der Waals surface area (Å²) in [6.07, 6.45) is 1.36. The van der Waals surface area contributed by atoms with Crippen LogP contribution in [0.1, 0.15) is 10.4 Å². The lowest BCUT2D eigenvalue weighted by Crippen LogP contribution is -2.27. The first kappa shape index (κ1) is 10.9. The number of nitrogens with two attached hydrogens (primary N) is 1. The van der Waals surface area contributed by atoms with E-state index in [0.29, 0.717) is 11.3 Å². The molecule has 1 aromatic heterocycles. The van der Waals surface area contributed by atoms with Gasteiger partial charge in [0.1, 0.15) is 0 Å². The van der Waals surface area contributed by atoms with Crippen LogP contribution in [0.15, 0.2) is 46.1 Å². The van der Waals surface area contributed by atoms with E-state index in [2.05, 4.69) is 4.98 Å². The molecule has 1 aromatic carbocycles. The van der Waals surface area contributed by atoms with E-state index in [0.717, 1.165) is 0 Å². The Hall–Kier alpha value is -2.63. The standard InChI is InChI=1S/C11H9N3O3/c12-10(16)7-1-3-8(4-2-7)14-6-5-9(15)13-11(14)17/h1-6H,(H2,12,16)(H,13,15,17). The molecular formula is C11H9N3O3. The molecule has 0 saturated carbocycles. The summed E-state index contributed by atoms with van der Waals surface area (Å²) in [6, 6.07) is 7.40. The first-order valence-corrected chi connectivity index (χ1v) is 4.80. The minimum Gasteiger partial charge on any atom is -0.366 e. The molecule has 0 unspecified atom stereocenters. The topological polar surface area (TPSA) is 97.9 Å². The first-order valence-electron chi connectivity index (χ1n) is 4.80. The molecule has 17 heavy (non-hydrogen) atoms. The van der Waals surface area contributed by atoms with Crippen LogP contribution in [-0.2, 0) is 0 Å². The fourth-order valence-corrected chi connectivity index (χ4v) is 1.41. The van der Waals surface area contributed by atoms with Crippen molar-refractivity contribution in [3.8, 4) is 5.69 Å². The molecule has 3 N–H and O–H groups in total. The molecule has 6 nitrogen and oxygen atoms in total. The number of benzene rings is 1. The van der Waals surface area contributed by atoms with Crippen LogP contribution in [0.25, 0.3) is 5.69 Å². The van der Waals surface area contributed by atoms with Gasteiger partial charge in [0.15, 0.2) is 0 Å². The normalized spacial score (nSPS) is 10.1. The van der Waals surface area contributed by atoms with Gasteiger partial charge in [0.25, 0.3) is 5.56 Å². The first-order chi connectivity index (χ1) is 8.08. The lowest BCUT2D eigenvalue weighted by atomic mass is 10.2. The summed E-state index contributed by atoms with van der Waals surface area (Å²) in [5, 5.41) is 0. The summed E-state index contributed by atoms with van der Waals surface area (Å²) < 4.78 is 1.26. The summed E-state index contributed by atoms with van der Waals surface area (Å²) in [7, 11) is 0. The number of hydrogen-bond donors (Lipinski definition) is 2. The fraction of sp³-hybridized carbons (Fsp3) is 0. The van der Waals surface area contributed by atoms with E-state index < -0.39 is 17.2 Å². The van der Waals surface area contributed by atoms with Crippen molar-refractivity contribution in [1.29, 1.82) is 0 Å². The fourth-order valence-electron chi connectivity index (χ4n) is 1.41. The van der Waals surface area contributed by atoms with Crippen LogP contribution in [0.5, 0.6) is 0 Å². The number of aromatic amines is 1. The highest BCUT2D eigenvalue weighted by Crippen LogP contribution is 2.06. The molecule has 86 valence electrons. The molecule has 0 aliphatic carbocycles. The summed E-state index contributed by atoms with van der Waals surface area (Å²) >= 11 is 0. The largest absolute Gasteiger partial charge is 0.366 e. The van der Waals surface area contributed by atoms with Gasteiger partial charge < -0.3 is 5.73 Å². The summed E-state index contributed by atoms with van der Waals surface area (Å²) in [4.78, 5) is 35.4. The van der Waals surface area contributed by atoms with Gasteiger partial charge in [-0.25, -0.2) is 4.79 Å². The highest BCUT2D eigenvalue weighted by Gasteiger charge is 2.02. The second-order valence-electron chi connectivity index (χ2n) is 3.39. The van der Waals surface area contributed by atoms with Crippen LogP contribution < -0.4 is 17.0 Å². The Labute approximate surface area is 95.3 Å². The minimum atomic E-state index is -0.538. The number of carbonyl (C=O) groups is 1. The third-order valence-corrected chi connectivity index (χ3v) is 2.25. The van der Waals surface area contributed by atoms with Crippen LogP contribution in [0, 0.1) is 0 Å². The van der Waals surface area contributed by atoms with Gasteiger partial charge in [0.05, 0.1) is 5.69 Å². The molecule has 0 saturated heterocycles. The van der Waals surface area contributed by atoms with Gasteiger partial charge in [-0.1, -0.05) is 0 Å². The second-order valence-corrected chi connectivity index (χ2v) is 3.39. The van der Waals surface area contributed by atoms with E-state index in [1.54, 1.807) is 12.1 Å². The molecule has 0 aliphatic rings. The second kappa shape index (κ2) is 4.09. The van der Waals surface area contributed by atoms with Crippen molar-refractivity contribution in [1.82, 2.24) is 9.55 Å². The zero-order chi connectivity index (χ0) is 12.4. The molecule has 0 spiro atoms. The zero-order valence-electron chi connectivity index (χ0n) is 8.71. The smallest absolute Gasteiger partial charge is 0.332 e. The Kier molecular flexibility index (Phi) is 2.61. The summed E-state index contributed by atoms with van der Waals surface area (Å²) in [5.74, 6) is -0.537. The Morgan fingerprint density at radius 3 is 2.29 bits per heavy atom. The molecule has 0 atom stereocenters. The van der Waals surface area contributed by atoms with Crippen LogP contribution in [0.4, 0.5) is 0 Å². The van der Waals surface area contributed by atoms with E-state index in [1.165, 1.54) is 29.0 Å². The molecular weight excluding hydrogens is 222 g/mol. The molecule has 2 rings (SSSR count). The Bertz CT molecular complexity index is 667. The lowest BCUT2D eigenvalue weighted by molar-refractivity contribution is 0.100. The molecule has 0 radical (unpaired) electrons. The average molecular weight is 231 g/mol. The highest BCUT2D eigenvalue weighted by molar-refractivity contribution is 5.92. The van der Waals surface area contributed by atoms with E-state index in [1.807, 2.05) is 0 Å². The SMILES string of the molecule is NC(=O)c1ccc(-n2ccc(=O)[nH]c2=O)cc1. The van der Waals surface area contributed by atoms with Gasteiger partial charge in [-0.15, -0.1) is 0 Å². The number of hydrogen-bond acceptors (Lipinski definition) is 3. The van der Waals surface area contributed by atoms with Crippen LogP contribution in [-0.4, -0.2) is 15.5 Å². The van der Waals surface area contributed by atoms with E-state index >= 15 is 0 Å². The van der Waals surface area contributed by atoms with Crippen molar-refractivity contribution in [3.05, 3.63) is 62.9 Å². The predicted molar refractivity (Wildman–Crippen MR) is 61.2 cm³/mol. The monoisotopic (exact) mass is 231 g/mol. The van der Waals surface area contributed by atoms with Crippen LogP contribution in [0.2, 0.25) is 0 Å². The van der Waals surface area contributed by atoms with Gasteiger partial charge in [-0.3, -0.25) is 19.1 Å². The van der Waals surface area contributed by atoms with Gasteiger partial charge in [-0.2, -0.15) is 0 Å². The summed E-state index contributed by atoms with van der Waals surface area (Å²) in [5.41, 5.74) is 4.99. The molecule has 0 bridgehead atoms. The quantitative estimate of drug-likeness (QED) is 0.737. The maximum Gasteiger partial charge on any atom is 0.332 e. The van der Waals surface area contributed by atoms with Crippen LogP contribution in [0.3, 0.4) is 0 Å². The lowest BCUT2D eigenvalue weighted by Gasteiger charge is -2.04. The van der Waals surface area contributed by atoms with Crippen LogP contribution >= 0.6 is 0 Å². The summed E-state index contributed by atoms with van der Waals surface area (Å²) in [6.45, 7) is 0. The third kappa shape index (κ3) is 2.15.